The third-order valence-electron chi connectivity index (χ3n) is 6.32. The van der Waals surface area contributed by atoms with Crippen molar-refractivity contribution in [2.24, 2.45) is 0 Å². The Labute approximate surface area is 195 Å². The summed E-state index contributed by atoms with van der Waals surface area (Å²) in [5.41, 5.74) is 0. The van der Waals surface area contributed by atoms with Crippen molar-refractivity contribution >= 4 is 5.91 Å². The van der Waals surface area contributed by atoms with Crippen LogP contribution in [0.4, 0.5) is 0 Å². The topological polar surface area (TPSA) is 125 Å². The van der Waals surface area contributed by atoms with Crippen LogP contribution in [0.3, 0.4) is 0 Å². The van der Waals surface area contributed by atoms with Crippen LogP contribution in [0.1, 0.15) is 84.5 Å². The largest absolute Gasteiger partial charge is 0.394 e. The Morgan fingerprint density at radius 2 is 1.25 bits per heavy atom. The fourth-order valence-corrected chi connectivity index (χ4v) is 3.69. The normalized spacial score (nSPS) is 16.6. The number of nitrogens with zero attached hydrogens (tertiary/aromatic N) is 2. The molecule has 8 nitrogen and oxygen atoms in total. The minimum atomic E-state index is -1.69. The summed E-state index contributed by atoms with van der Waals surface area (Å²) in [7, 11) is 3.42. The zero-order chi connectivity index (χ0) is 24.5. The molecule has 0 aromatic heterocycles. The Morgan fingerprint density at radius 1 is 0.781 bits per heavy atom. The Hall–Kier alpha value is -0.770. The van der Waals surface area contributed by atoms with E-state index in [4.69, 9.17) is 5.11 Å². The summed E-state index contributed by atoms with van der Waals surface area (Å²) < 4.78 is 0. The van der Waals surface area contributed by atoms with Gasteiger partial charge in [0.1, 0.15) is 24.4 Å². The smallest absolute Gasteiger partial charge is 0.236 e. The predicted octanol–water partition coefficient (Wildman–Crippen LogP) is 1.51. The van der Waals surface area contributed by atoms with Gasteiger partial charge in [-0.1, -0.05) is 71.1 Å². The van der Waals surface area contributed by atoms with Crippen LogP contribution >= 0.6 is 0 Å². The van der Waals surface area contributed by atoms with Crippen LogP contribution in [0.5, 0.6) is 0 Å². The average molecular weight is 463 g/mol. The van der Waals surface area contributed by atoms with E-state index in [0.29, 0.717) is 0 Å². The lowest BCUT2D eigenvalue weighted by molar-refractivity contribution is -0.139. The van der Waals surface area contributed by atoms with Crippen LogP contribution < -0.4 is 0 Å². The van der Waals surface area contributed by atoms with Gasteiger partial charge in [-0.25, -0.2) is 0 Å². The lowest BCUT2D eigenvalue weighted by atomic mass is 10.0. The van der Waals surface area contributed by atoms with E-state index in [2.05, 4.69) is 13.8 Å². The van der Waals surface area contributed by atoms with E-state index in [0.717, 1.165) is 12.8 Å². The van der Waals surface area contributed by atoms with Crippen molar-refractivity contribution in [3.63, 3.8) is 0 Å². The molecular weight excluding hydrogens is 412 g/mol. The van der Waals surface area contributed by atoms with Gasteiger partial charge in [0.2, 0.25) is 5.91 Å². The quantitative estimate of drug-likeness (QED) is 0.174. The number of hydrogen-bond donors (Lipinski definition) is 5. The van der Waals surface area contributed by atoms with E-state index >= 15 is 0 Å². The average Bonchev–Trinajstić information content (AvgIpc) is 2.78. The molecule has 0 saturated heterocycles. The Morgan fingerprint density at radius 3 is 1.75 bits per heavy atom. The maximum atomic E-state index is 12.5. The Kier molecular flexibility index (Phi) is 18.2. The number of likely N-dealkylation sites (N-methyl/N-ethyl adjacent to an activating group) is 2. The van der Waals surface area contributed by atoms with Gasteiger partial charge in [0, 0.05) is 19.6 Å². The lowest BCUT2D eigenvalue weighted by Crippen LogP contribution is -2.51. The van der Waals surface area contributed by atoms with E-state index in [-0.39, 0.29) is 25.0 Å². The maximum absolute atomic E-state index is 12.5. The monoisotopic (exact) mass is 462 g/mol. The van der Waals surface area contributed by atoms with Gasteiger partial charge >= 0.3 is 0 Å². The molecule has 0 heterocycles. The number of carbonyl (C=O) groups is 1. The fraction of sp³-hybridized carbons (Fsp3) is 0.958. The van der Waals surface area contributed by atoms with Crippen molar-refractivity contribution < 1.29 is 30.3 Å². The number of unbranched alkanes of at least 4 members (excludes halogenated alkanes) is 9. The van der Waals surface area contributed by atoms with Crippen molar-refractivity contribution in [1.29, 1.82) is 0 Å². The molecule has 1 amide bonds. The first kappa shape index (κ1) is 31.2. The second-order valence-electron chi connectivity index (χ2n) is 9.31. The van der Waals surface area contributed by atoms with E-state index < -0.39 is 31.0 Å². The number of rotatable bonds is 20. The summed E-state index contributed by atoms with van der Waals surface area (Å²) in [6.45, 7) is 3.62. The molecule has 0 fully saturated rings. The molecule has 0 rings (SSSR count). The number of aliphatic hydroxyl groups excluding tert-OH is 5. The van der Waals surface area contributed by atoms with Gasteiger partial charge in [0.05, 0.1) is 13.2 Å². The molecule has 0 radical (unpaired) electrons. The molecule has 192 valence electrons. The first-order valence-electron chi connectivity index (χ1n) is 12.4. The SMILES string of the molecule is CCCCCCCCCCCCC(C)N(C)CC(=O)N(C)C[C@H](O)[C@@H](O)[C@H](O)[C@H](O)CO. The van der Waals surface area contributed by atoms with Crippen molar-refractivity contribution in [3.8, 4) is 0 Å². The third-order valence-corrected chi connectivity index (χ3v) is 6.32. The van der Waals surface area contributed by atoms with Gasteiger partial charge < -0.3 is 30.4 Å². The van der Waals surface area contributed by atoms with Crippen LogP contribution in [0.2, 0.25) is 0 Å². The zero-order valence-corrected chi connectivity index (χ0v) is 20.8. The molecule has 1 unspecified atom stereocenters. The lowest BCUT2D eigenvalue weighted by Gasteiger charge is -2.30. The molecule has 0 aliphatic rings. The Bertz CT molecular complexity index is 468. The zero-order valence-electron chi connectivity index (χ0n) is 20.8. The summed E-state index contributed by atoms with van der Waals surface area (Å²) in [5, 5.41) is 47.8. The summed E-state index contributed by atoms with van der Waals surface area (Å²) in [6.07, 6.45) is 7.64. The summed E-state index contributed by atoms with van der Waals surface area (Å²) in [4.78, 5) is 15.7. The number of amides is 1. The van der Waals surface area contributed by atoms with Gasteiger partial charge in [-0.15, -0.1) is 0 Å². The van der Waals surface area contributed by atoms with Gasteiger partial charge in [-0.2, -0.15) is 0 Å². The highest BCUT2D eigenvalue weighted by atomic mass is 16.4. The molecule has 0 saturated carbocycles. The molecule has 0 aromatic rings. The molecule has 32 heavy (non-hydrogen) atoms. The third kappa shape index (κ3) is 13.7. The van der Waals surface area contributed by atoms with Crippen molar-refractivity contribution in [3.05, 3.63) is 0 Å². The van der Waals surface area contributed by atoms with Gasteiger partial charge in [-0.3, -0.25) is 9.69 Å². The van der Waals surface area contributed by atoms with Crippen LogP contribution in [0, 0.1) is 0 Å². The second kappa shape index (κ2) is 18.6. The standard InChI is InChI=1S/C24H50N2O6/c1-5-6-7-8-9-10-11-12-13-14-15-19(2)25(3)17-22(30)26(4)16-20(28)23(31)24(32)21(29)18-27/h19-21,23-24,27-29,31-32H,5-18H2,1-4H3/t19?,20-,21+,23+,24+/m0/s1. The fourth-order valence-electron chi connectivity index (χ4n) is 3.69. The summed E-state index contributed by atoms with van der Waals surface area (Å²) in [6, 6.07) is 0.262. The number of aliphatic hydroxyl groups is 5. The molecule has 0 aliphatic carbocycles. The minimum absolute atomic E-state index is 0.185. The maximum Gasteiger partial charge on any atom is 0.236 e. The molecule has 0 aliphatic heterocycles. The van der Waals surface area contributed by atoms with E-state index in [1.807, 2.05) is 11.9 Å². The molecular formula is C24H50N2O6. The highest BCUT2D eigenvalue weighted by Gasteiger charge is 2.31. The molecule has 8 heteroatoms. The van der Waals surface area contributed by atoms with Crippen molar-refractivity contribution in [2.75, 3.05) is 33.8 Å². The first-order chi connectivity index (χ1) is 15.1. The van der Waals surface area contributed by atoms with E-state index in [1.54, 1.807) is 0 Å². The summed E-state index contributed by atoms with van der Waals surface area (Å²) >= 11 is 0. The van der Waals surface area contributed by atoms with Gasteiger partial charge in [-0.05, 0) is 20.4 Å². The van der Waals surface area contributed by atoms with Crippen molar-refractivity contribution in [2.45, 2.75) is 115 Å². The second-order valence-corrected chi connectivity index (χ2v) is 9.31. The predicted molar refractivity (Wildman–Crippen MR) is 127 cm³/mol. The Balaban J connectivity index is 4.06. The van der Waals surface area contributed by atoms with Crippen molar-refractivity contribution in [1.82, 2.24) is 9.80 Å². The van der Waals surface area contributed by atoms with Crippen LogP contribution in [0.15, 0.2) is 0 Å². The number of carbonyl (C=O) groups excluding carboxylic acids is 1. The van der Waals surface area contributed by atoms with E-state index in [1.165, 1.54) is 69.7 Å². The van der Waals surface area contributed by atoms with Crippen LogP contribution in [0.25, 0.3) is 0 Å². The van der Waals surface area contributed by atoms with Crippen LogP contribution in [-0.2, 0) is 4.79 Å². The molecule has 5 N–H and O–H groups in total. The van der Waals surface area contributed by atoms with Gasteiger partial charge in [0.15, 0.2) is 0 Å². The molecule has 0 aromatic carbocycles. The van der Waals surface area contributed by atoms with E-state index in [9.17, 15) is 25.2 Å². The molecule has 5 atom stereocenters. The highest BCUT2D eigenvalue weighted by Crippen LogP contribution is 2.14. The minimum Gasteiger partial charge on any atom is -0.394 e. The van der Waals surface area contributed by atoms with Crippen LogP contribution in [-0.4, -0.2) is 105 Å². The first-order valence-corrected chi connectivity index (χ1v) is 12.4. The highest BCUT2D eigenvalue weighted by molar-refractivity contribution is 5.78. The van der Waals surface area contributed by atoms with Gasteiger partial charge in [0.25, 0.3) is 0 Å². The summed E-state index contributed by atoms with van der Waals surface area (Å²) in [5.74, 6) is -0.203. The molecule has 0 bridgehead atoms. The number of hydrogen-bond acceptors (Lipinski definition) is 7. The molecule has 0 spiro atoms.